The molecule has 0 saturated carbocycles. The molecule has 20 heavy (non-hydrogen) atoms. The normalized spacial score (nSPS) is 10.4. The smallest absolute Gasteiger partial charge is 0.197 e. The zero-order valence-corrected chi connectivity index (χ0v) is 12.7. The molecule has 0 spiro atoms. The van der Waals surface area contributed by atoms with E-state index in [1.54, 1.807) is 7.11 Å². The van der Waals surface area contributed by atoms with Crippen molar-refractivity contribution in [3.05, 3.63) is 23.9 Å². The van der Waals surface area contributed by atoms with E-state index in [2.05, 4.69) is 17.3 Å². The zero-order valence-electron chi connectivity index (χ0n) is 11.9. The Morgan fingerprint density at radius 1 is 1.35 bits per heavy atom. The standard InChI is InChI=1S/C14H19N3O2S/c1-4-7-19-12-8-10(5-6-11(12)18-3)13-9(2)16-14(17-15)20-13/h5-6,8H,4,7,15H2,1-3H3,(H,16,17). The molecule has 0 radical (unpaired) electrons. The molecule has 2 rings (SSSR count). The van der Waals surface area contributed by atoms with Crippen LogP contribution < -0.4 is 20.7 Å². The molecule has 0 unspecified atom stereocenters. The summed E-state index contributed by atoms with van der Waals surface area (Å²) in [6.07, 6.45) is 0.953. The minimum atomic E-state index is 0.664. The molecule has 0 bridgehead atoms. The van der Waals surface area contributed by atoms with E-state index in [0.29, 0.717) is 11.7 Å². The Hall–Kier alpha value is -1.79. The number of benzene rings is 1. The number of hydrogen-bond acceptors (Lipinski definition) is 6. The summed E-state index contributed by atoms with van der Waals surface area (Å²) < 4.78 is 11.1. The Morgan fingerprint density at radius 3 is 2.75 bits per heavy atom. The molecule has 1 aromatic heterocycles. The Kier molecular flexibility index (Phi) is 4.81. The van der Waals surface area contributed by atoms with Gasteiger partial charge in [-0.25, -0.2) is 10.8 Å². The first-order valence-electron chi connectivity index (χ1n) is 6.44. The second-order valence-electron chi connectivity index (χ2n) is 4.29. The second kappa shape index (κ2) is 6.58. The van der Waals surface area contributed by atoms with Crippen LogP contribution in [-0.2, 0) is 0 Å². The predicted octanol–water partition coefficient (Wildman–Crippen LogP) is 3.20. The highest BCUT2D eigenvalue weighted by atomic mass is 32.1. The number of anilines is 1. The van der Waals surface area contributed by atoms with E-state index in [0.717, 1.165) is 34.1 Å². The first kappa shape index (κ1) is 14.6. The molecule has 3 N–H and O–H groups in total. The van der Waals surface area contributed by atoms with Crippen molar-refractivity contribution in [2.24, 2.45) is 5.84 Å². The second-order valence-corrected chi connectivity index (χ2v) is 5.29. The largest absolute Gasteiger partial charge is 0.493 e. The van der Waals surface area contributed by atoms with Crippen molar-refractivity contribution >= 4 is 16.5 Å². The third kappa shape index (κ3) is 3.02. The minimum Gasteiger partial charge on any atom is -0.493 e. The number of hydrogen-bond donors (Lipinski definition) is 2. The van der Waals surface area contributed by atoms with Gasteiger partial charge in [-0.2, -0.15) is 0 Å². The fourth-order valence-corrected chi connectivity index (χ4v) is 2.74. The molecule has 0 saturated heterocycles. The monoisotopic (exact) mass is 293 g/mol. The summed E-state index contributed by atoms with van der Waals surface area (Å²) in [4.78, 5) is 5.42. The maximum Gasteiger partial charge on any atom is 0.197 e. The van der Waals surface area contributed by atoms with Gasteiger partial charge < -0.3 is 9.47 Å². The van der Waals surface area contributed by atoms with Crippen LogP contribution in [0, 0.1) is 6.92 Å². The number of rotatable bonds is 6. The lowest BCUT2D eigenvalue weighted by molar-refractivity contribution is 0.294. The van der Waals surface area contributed by atoms with Crippen molar-refractivity contribution in [2.75, 3.05) is 19.1 Å². The Bertz CT molecular complexity index is 584. The van der Waals surface area contributed by atoms with Gasteiger partial charge in [0.15, 0.2) is 16.6 Å². The number of nitrogens with zero attached hydrogens (tertiary/aromatic N) is 1. The molecule has 0 aliphatic heterocycles. The van der Waals surface area contributed by atoms with Gasteiger partial charge in [0, 0.05) is 0 Å². The van der Waals surface area contributed by atoms with Crippen LogP contribution in [0.1, 0.15) is 19.0 Å². The van der Waals surface area contributed by atoms with Gasteiger partial charge >= 0.3 is 0 Å². The predicted molar refractivity (Wildman–Crippen MR) is 82.4 cm³/mol. The van der Waals surface area contributed by atoms with Gasteiger partial charge in [0.1, 0.15) is 0 Å². The van der Waals surface area contributed by atoms with Crippen molar-refractivity contribution in [2.45, 2.75) is 20.3 Å². The molecule has 0 aliphatic carbocycles. The molecule has 1 aromatic carbocycles. The van der Waals surface area contributed by atoms with Gasteiger partial charge in [-0.15, -0.1) is 0 Å². The number of thiazole rings is 1. The zero-order chi connectivity index (χ0) is 14.5. The van der Waals surface area contributed by atoms with Gasteiger partial charge in [0.2, 0.25) is 0 Å². The quantitative estimate of drug-likeness (QED) is 0.632. The van der Waals surface area contributed by atoms with Gasteiger partial charge in [0.05, 0.1) is 24.3 Å². The molecule has 0 amide bonds. The third-order valence-electron chi connectivity index (χ3n) is 2.81. The van der Waals surface area contributed by atoms with Crippen LogP contribution >= 0.6 is 11.3 Å². The number of aromatic nitrogens is 1. The lowest BCUT2D eigenvalue weighted by Gasteiger charge is -2.11. The van der Waals surface area contributed by atoms with Crippen LogP contribution in [0.4, 0.5) is 5.13 Å². The van der Waals surface area contributed by atoms with Crippen LogP contribution in [0.2, 0.25) is 0 Å². The summed E-state index contributed by atoms with van der Waals surface area (Å²) in [6, 6.07) is 5.89. The number of hydrazine groups is 1. The topological polar surface area (TPSA) is 69.4 Å². The molecule has 1 heterocycles. The maximum atomic E-state index is 5.73. The summed E-state index contributed by atoms with van der Waals surface area (Å²) in [5, 5.41) is 0.698. The van der Waals surface area contributed by atoms with E-state index in [1.165, 1.54) is 11.3 Å². The Morgan fingerprint density at radius 2 is 2.15 bits per heavy atom. The number of ether oxygens (including phenoxy) is 2. The van der Waals surface area contributed by atoms with E-state index in [-0.39, 0.29) is 0 Å². The van der Waals surface area contributed by atoms with E-state index >= 15 is 0 Å². The fraction of sp³-hybridized carbons (Fsp3) is 0.357. The molecular formula is C14H19N3O2S. The fourth-order valence-electron chi connectivity index (χ4n) is 1.87. The lowest BCUT2D eigenvalue weighted by Crippen LogP contribution is -2.05. The van der Waals surface area contributed by atoms with E-state index in [4.69, 9.17) is 15.3 Å². The first-order valence-corrected chi connectivity index (χ1v) is 7.26. The van der Waals surface area contributed by atoms with Crippen molar-refractivity contribution in [3.63, 3.8) is 0 Å². The number of nitrogen functional groups attached to an aromatic ring is 1. The summed E-state index contributed by atoms with van der Waals surface area (Å²) in [6.45, 7) is 4.70. The molecule has 5 nitrogen and oxygen atoms in total. The van der Waals surface area contributed by atoms with Crippen LogP contribution in [0.3, 0.4) is 0 Å². The highest BCUT2D eigenvalue weighted by Crippen LogP contribution is 2.37. The van der Waals surface area contributed by atoms with Crippen LogP contribution in [-0.4, -0.2) is 18.7 Å². The lowest BCUT2D eigenvalue weighted by atomic mass is 10.1. The minimum absolute atomic E-state index is 0.664. The van der Waals surface area contributed by atoms with E-state index in [9.17, 15) is 0 Å². The first-order chi connectivity index (χ1) is 9.69. The highest BCUT2D eigenvalue weighted by molar-refractivity contribution is 7.19. The molecule has 6 heteroatoms. The van der Waals surface area contributed by atoms with Gasteiger partial charge in [-0.3, -0.25) is 5.43 Å². The molecule has 0 fully saturated rings. The van der Waals surface area contributed by atoms with Crippen molar-refractivity contribution in [3.8, 4) is 21.9 Å². The molecular weight excluding hydrogens is 274 g/mol. The highest BCUT2D eigenvalue weighted by Gasteiger charge is 2.12. The number of aryl methyl sites for hydroxylation is 1. The van der Waals surface area contributed by atoms with Gasteiger partial charge in [0.25, 0.3) is 0 Å². The summed E-state index contributed by atoms with van der Waals surface area (Å²) >= 11 is 1.52. The Balaban J connectivity index is 2.38. The third-order valence-corrected chi connectivity index (χ3v) is 3.95. The number of methoxy groups -OCH3 is 1. The van der Waals surface area contributed by atoms with Crippen LogP contribution in [0.5, 0.6) is 11.5 Å². The molecule has 0 atom stereocenters. The van der Waals surface area contributed by atoms with Crippen molar-refractivity contribution in [1.82, 2.24) is 4.98 Å². The molecule has 108 valence electrons. The van der Waals surface area contributed by atoms with Gasteiger partial charge in [-0.05, 0) is 37.1 Å². The Labute approximate surface area is 122 Å². The average molecular weight is 293 g/mol. The van der Waals surface area contributed by atoms with E-state index < -0.39 is 0 Å². The van der Waals surface area contributed by atoms with Gasteiger partial charge in [-0.1, -0.05) is 18.3 Å². The van der Waals surface area contributed by atoms with E-state index in [1.807, 2.05) is 25.1 Å². The molecule has 2 aromatic rings. The number of nitrogens with one attached hydrogen (secondary N) is 1. The average Bonchev–Trinajstić information content (AvgIpc) is 2.86. The SMILES string of the molecule is CCCOc1cc(-c2sc(NN)nc2C)ccc1OC. The molecule has 0 aliphatic rings. The summed E-state index contributed by atoms with van der Waals surface area (Å²) in [5.74, 6) is 6.89. The maximum absolute atomic E-state index is 5.73. The summed E-state index contributed by atoms with van der Waals surface area (Å²) in [7, 11) is 1.64. The summed E-state index contributed by atoms with van der Waals surface area (Å²) in [5.41, 5.74) is 4.57. The van der Waals surface area contributed by atoms with Crippen LogP contribution in [0.25, 0.3) is 10.4 Å². The number of nitrogens with two attached hydrogens (primary N) is 1. The van der Waals surface area contributed by atoms with Crippen LogP contribution in [0.15, 0.2) is 18.2 Å². The van der Waals surface area contributed by atoms with Crippen molar-refractivity contribution < 1.29 is 9.47 Å². The van der Waals surface area contributed by atoms with Crippen molar-refractivity contribution in [1.29, 1.82) is 0 Å².